The Morgan fingerprint density at radius 3 is 2.00 bits per heavy atom. The SMILES string of the molecule is COc1cccc(OC)c1C(=O)N1CCC(S(=O)(=O)c2ccccc2)CC1. The number of hydrogen-bond acceptors (Lipinski definition) is 5. The molecule has 3 rings (SSSR count). The molecule has 0 aromatic heterocycles. The molecule has 0 saturated carbocycles. The number of rotatable bonds is 5. The van der Waals surface area contributed by atoms with Crippen LogP contribution in [0, 0.1) is 0 Å². The second-order valence-corrected chi connectivity index (χ2v) is 8.62. The van der Waals surface area contributed by atoms with E-state index in [0.29, 0.717) is 47.9 Å². The van der Waals surface area contributed by atoms with Gasteiger partial charge < -0.3 is 14.4 Å². The predicted molar refractivity (Wildman–Crippen MR) is 102 cm³/mol. The van der Waals surface area contributed by atoms with E-state index in [0.717, 1.165) is 0 Å². The third-order valence-electron chi connectivity index (χ3n) is 4.88. The molecule has 1 aliphatic rings. The first-order chi connectivity index (χ1) is 13.0. The van der Waals surface area contributed by atoms with Crippen molar-refractivity contribution in [2.75, 3.05) is 27.3 Å². The average molecular weight is 389 g/mol. The molecule has 0 N–H and O–H groups in total. The van der Waals surface area contributed by atoms with Crippen molar-refractivity contribution in [3.8, 4) is 11.5 Å². The minimum absolute atomic E-state index is 0.208. The molecule has 6 nitrogen and oxygen atoms in total. The summed E-state index contributed by atoms with van der Waals surface area (Å²) in [6, 6.07) is 13.6. The molecule has 1 saturated heterocycles. The number of likely N-dealkylation sites (tertiary alicyclic amines) is 1. The van der Waals surface area contributed by atoms with Gasteiger partial charge in [0.25, 0.3) is 5.91 Å². The molecule has 0 radical (unpaired) electrons. The van der Waals surface area contributed by atoms with E-state index >= 15 is 0 Å². The molecule has 144 valence electrons. The van der Waals surface area contributed by atoms with Crippen molar-refractivity contribution < 1.29 is 22.7 Å². The van der Waals surface area contributed by atoms with Gasteiger partial charge in [-0.15, -0.1) is 0 Å². The van der Waals surface area contributed by atoms with E-state index in [1.807, 2.05) is 0 Å². The molecule has 1 fully saturated rings. The van der Waals surface area contributed by atoms with Gasteiger partial charge in [0.15, 0.2) is 9.84 Å². The number of amides is 1. The number of hydrogen-bond donors (Lipinski definition) is 0. The number of methoxy groups -OCH3 is 2. The summed E-state index contributed by atoms with van der Waals surface area (Å²) < 4.78 is 36.2. The van der Waals surface area contributed by atoms with Crippen molar-refractivity contribution in [3.63, 3.8) is 0 Å². The molecule has 0 spiro atoms. The lowest BCUT2D eigenvalue weighted by molar-refractivity contribution is 0.0718. The van der Waals surface area contributed by atoms with Crippen LogP contribution in [0.1, 0.15) is 23.2 Å². The molecule has 0 bridgehead atoms. The van der Waals surface area contributed by atoms with Crippen molar-refractivity contribution in [3.05, 3.63) is 54.1 Å². The third kappa shape index (κ3) is 3.78. The molecule has 27 heavy (non-hydrogen) atoms. The second kappa shape index (κ2) is 8.00. The van der Waals surface area contributed by atoms with E-state index in [1.54, 1.807) is 53.4 Å². The van der Waals surface area contributed by atoms with Crippen LogP contribution in [0.4, 0.5) is 0 Å². The van der Waals surface area contributed by atoms with Gasteiger partial charge in [-0.25, -0.2) is 8.42 Å². The van der Waals surface area contributed by atoms with Crippen molar-refractivity contribution in [2.24, 2.45) is 0 Å². The molecule has 1 heterocycles. The molecule has 0 atom stereocenters. The van der Waals surface area contributed by atoms with Crippen LogP contribution in [0.2, 0.25) is 0 Å². The maximum Gasteiger partial charge on any atom is 0.261 e. The summed E-state index contributed by atoms with van der Waals surface area (Å²) in [5, 5.41) is -0.483. The van der Waals surface area contributed by atoms with Crippen LogP contribution < -0.4 is 9.47 Å². The molecular weight excluding hydrogens is 366 g/mol. The molecular formula is C20H23NO5S. The van der Waals surface area contributed by atoms with Gasteiger partial charge in [-0.05, 0) is 37.1 Å². The number of ether oxygens (including phenoxy) is 2. The smallest absolute Gasteiger partial charge is 0.261 e. The van der Waals surface area contributed by atoms with Gasteiger partial charge in [0.05, 0.1) is 24.4 Å². The molecule has 2 aromatic carbocycles. The summed E-state index contributed by atoms with van der Waals surface area (Å²) in [6.45, 7) is 0.744. The van der Waals surface area contributed by atoms with Crippen molar-refractivity contribution in [1.29, 1.82) is 0 Å². The standard InChI is InChI=1S/C20H23NO5S/c1-25-17-9-6-10-18(26-2)19(17)20(22)21-13-11-16(12-14-21)27(23,24)15-7-4-3-5-8-15/h3-10,16H,11-14H2,1-2H3. The largest absolute Gasteiger partial charge is 0.496 e. The molecule has 0 unspecified atom stereocenters. The highest BCUT2D eigenvalue weighted by atomic mass is 32.2. The highest BCUT2D eigenvalue weighted by Gasteiger charge is 2.34. The van der Waals surface area contributed by atoms with Gasteiger partial charge in [0.1, 0.15) is 17.1 Å². The highest BCUT2D eigenvalue weighted by molar-refractivity contribution is 7.92. The first kappa shape index (κ1) is 19.2. The maximum atomic E-state index is 13.0. The van der Waals surface area contributed by atoms with Crippen LogP contribution >= 0.6 is 0 Å². The van der Waals surface area contributed by atoms with Crippen LogP contribution in [0.3, 0.4) is 0 Å². The lowest BCUT2D eigenvalue weighted by atomic mass is 10.1. The average Bonchev–Trinajstić information content (AvgIpc) is 2.73. The van der Waals surface area contributed by atoms with Crippen LogP contribution in [0.15, 0.2) is 53.4 Å². The number of carbonyl (C=O) groups excluding carboxylic acids is 1. The molecule has 1 amide bonds. The fraction of sp³-hybridized carbons (Fsp3) is 0.350. The summed E-state index contributed by atoms with van der Waals surface area (Å²) in [4.78, 5) is 15.0. The number of carbonyl (C=O) groups is 1. The van der Waals surface area contributed by atoms with Gasteiger partial charge in [-0.1, -0.05) is 24.3 Å². The number of nitrogens with zero attached hydrogens (tertiary/aromatic N) is 1. The summed E-state index contributed by atoms with van der Waals surface area (Å²) in [5.41, 5.74) is 0.367. The summed E-state index contributed by atoms with van der Waals surface area (Å²) in [7, 11) is -0.380. The Bertz CT molecular complexity index is 881. The first-order valence-electron chi connectivity index (χ1n) is 8.78. The Morgan fingerprint density at radius 1 is 0.926 bits per heavy atom. The van der Waals surface area contributed by atoms with E-state index in [9.17, 15) is 13.2 Å². The van der Waals surface area contributed by atoms with Crippen LogP contribution in [0.5, 0.6) is 11.5 Å². The Balaban J connectivity index is 1.76. The fourth-order valence-corrected chi connectivity index (χ4v) is 5.14. The summed E-state index contributed by atoms with van der Waals surface area (Å²) >= 11 is 0. The molecule has 1 aliphatic heterocycles. The van der Waals surface area contributed by atoms with E-state index in [1.165, 1.54) is 14.2 Å². The first-order valence-corrected chi connectivity index (χ1v) is 10.3. The van der Waals surface area contributed by atoms with E-state index in [4.69, 9.17) is 9.47 Å². The zero-order chi connectivity index (χ0) is 19.4. The quantitative estimate of drug-likeness (QED) is 0.786. The molecule has 7 heteroatoms. The van der Waals surface area contributed by atoms with E-state index in [-0.39, 0.29) is 5.91 Å². The number of piperidine rings is 1. The summed E-state index contributed by atoms with van der Waals surface area (Å²) in [6.07, 6.45) is 0.806. The van der Waals surface area contributed by atoms with Gasteiger partial charge in [-0.3, -0.25) is 4.79 Å². The van der Waals surface area contributed by atoms with E-state index < -0.39 is 15.1 Å². The lowest BCUT2D eigenvalue weighted by Gasteiger charge is -2.32. The van der Waals surface area contributed by atoms with Crippen LogP contribution in [-0.2, 0) is 9.84 Å². The summed E-state index contributed by atoms with van der Waals surface area (Å²) in [5.74, 6) is 0.677. The fourth-order valence-electron chi connectivity index (χ4n) is 3.39. The second-order valence-electron chi connectivity index (χ2n) is 6.39. The minimum Gasteiger partial charge on any atom is -0.496 e. The zero-order valence-corrected chi connectivity index (χ0v) is 16.2. The van der Waals surface area contributed by atoms with Crippen molar-refractivity contribution >= 4 is 15.7 Å². The maximum absolute atomic E-state index is 13.0. The zero-order valence-electron chi connectivity index (χ0n) is 15.4. The third-order valence-corrected chi connectivity index (χ3v) is 7.16. The molecule has 2 aromatic rings. The van der Waals surface area contributed by atoms with Gasteiger partial charge >= 0.3 is 0 Å². The Kier molecular flexibility index (Phi) is 5.70. The van der Waals surface area contributed by atoms with Crippen molar-refractivity contribution in [1.82, 2.24) is 4.90 Å². The number of sulfone groups is 1. The van der Waals surface area contributed by atoms with E-state index in [2.05, 4.69) is 0 Å². The van der Waals surface area contributed by atoms with Gasteiger partial charge in [0.2, 0.25) is 0 Å². The van der Waals surface area contributed by atoms with Crippen LogP contribution in [0.25, 0.3) is 0 Å². The minimum atomic E-state index is -3.39. The monoisotopic (exact) mass is 389 g/mol. The Labute approximate surface area is 159 Å². The Morgan fingerprint density at radius 2 is 1.48 bits per heavy atom. The number of benzene rings is 2. The van der Waals surface area contributed by atoms with Crippen molar-refractivity contribution in [2.45, 2.75) is 23.0 Å². The highest BCUT2D eigenvalue weighted by Crippen LogP contribution is 2.31. The van der Waals surface area contributed by atoms with Gasteiger partial charge in [0, 0.05) is 13.1 Å². The molecule has 0 aliphatic carbocycles. The lowest BCUT2D eigenvalue weighted by Crippen LogP contribution is -2.42. The normalized spacial score (nSPS) is 15.4. The topological polar surface area (TPSA) is 72.9 Å². The van der Waals surface area contributed by atoms with Gasteiger partial charge in [-0.2, -0.15) is 0 Å². The van der Waals surface area contributed by atoms with Crippen LogP contribution in [-0.4, -0.2) is 51.8 Å². The predicted octanol–water partition coefficient (Wildman–Crippen LogP) is 2.78. The Hall–Kier alpha value is -2.54.